The van der Waals surface area contributed by atoms with Gasteiger partial charge in [-0.25, -0.2) is 0 Å². The molecule has 20 heavy (non-hydrogen) atoms. The monoisotopic (exact) mass is 375 g/mol. The van der Waals surface area contributed by atoms with E-state index >= 15 is 0 Å². The summed E-state index contributed by atoms with van der Waals surface area (Å²) in [5.41, 5.74) is 1.75. The highest BCUT2D eigenvalue weighted by molar-refractivity contribution is 9.10. The molecule has 5 heteroatoms. The number of allylic oxidation sites excluding steroid dienone is 1. The van der Waals surface area contributed by atoms with E-state index in [0.717, 1.165) is 15.7 Å². The Bertz CT molecular complexity index is 579. The van der Waals surface area contributed by atoms with E-state index in [1.54, 1.807) is 6.08 Å². The van der Waals surface area contributed by atoms with Crippen LogP contribution in [0.4, 0.5) is 5.69 Å². The van der Waals surface area contributed by atoms with Gasteiger partial charge in [0.25, 0.3) is 0 Å². The number of rotatable bonds is 3. The first-order valence-electron chi connectivity index (χ1n) is 6.33. The fourth-order valence-electron chi connectivity index (χ4n) is 2.60. The number of halogens is 3. The van der Waals surface area contributed by atoms with Crippen molar-refractivity contribution < 1.29 is 4.79 Å². The van der Waals surface area contributed by atoms with Gasteiger partial charge in [-0.05, 0) is 48.1 Å². The van der Waals surface area contributed by atoms with Crippen molar-refractivity contribution in [3.63, 3.8) is 0 Å². The maximum absolute atomic E-state index is 12.4. The highest BCUT2D eigenvalue weighted by Crippen LogP contribution is 2.60. The van der Waals surface area contributed by atoms with Crippen molar-refractivity contribution in [3.8, 4) is 0 Å². The number of carbonyl (C=O) groups excluding carboxylic acids is 1. The number of nitrogens with one attached hydrogen (secondary N) is 1. The summed E-state index contributed by atoms with van der Waals surface area (Å²) in [5.74, 6) is -0.00226. The van der Waals surface area contributed by atoms with E-state index in [-0.39, 0.29) is 27.6 Å². The second-order valence-corrected chi connectivity index (χ2v) is 7.65. The Kier molecular flexibility index (Phi) is 4.53. The zero-order chi connectivity index (χ0) is 15.1. The average molecular weight is 377 g/mol. The first-order valence-corrected chi connectivity index (χ1v) is 7.88. The van der Waals surface area contributed by atoms with Crippen LogP contribution in [-0.4, -0.2) is 5.91 Å². The highest BCUT2D eigenvalue weighted by atomic mass is 79.9. The number of amides is 1. The molecule has 108 valence electrons. The Balaban J connectivity index is 2.12. The van der Waals surface area contributed by atoms with Crippen molar-refractivity contribution in [2.75, 3.05) is 5.32 Å². The topological polar surface area (TPSA) is 29.1 Å². The molecule has 0 aliphatic heterocycles. The van der Waals surface area contributed by atoms with E-state index in [2.05, 4.69) is 21.2 Å². The van der Waals surface area contributed by atoms with Gasteiger partial charge in [0.05, 0.1) is 5.92 Å². The molecule has 2 atom stereocenters. The molecule has 0 heterocycles. The maximum atomic E-state index is 12.4. The first kappa shape index (κ1) is 15.9. The number of aryl methyl sites for hydroxylation is 1. The van der Waals surface area contributed by atoms with Crippen LogP contribution < -0.4 is 5.32 Å². The number of hydrogen-bond acceptors (Lipinski definition) is 1. The minimum absolute atomic E-state index is 0.0104. The van der Waals surface area contributed by atoms with Gasteiger partial charge in [-0.2, -0.15) is 0 Å². The van der Waals surface area contributed by atoms with Crippen molar-refractivity contribution in [3.05, 3.63) is 38.8 Å². The third-order valence-electron chi connectivity index (χ3n) is 3.95. The zero-order valence-electron chi connectivity index (χ0n) is 11.5. The molecule has 1 N–H and O–H groups in total. The standard InChI is InChI=1S/C15H16BrCl2NO/c1-8-6-9(16)4-5-11(8)19-14(20)13-10(7-12(17)18)15(13,2)3/h4-7,10,13H,1-3H3,(H,19,20). The molecule has 0 radical (unpaired) electrons. The number of carbonyl (C=O) groups is 1. The van der Waals surface area contributed by atoms with Crippen molar-refractivity contribution in [1.29, 1.82) is 0 Å². The largest absolute Gasteiger partial charge is 0.326 e. The molecule has 0 spiro atoms. The van der Waals surface area contributed by atoms with E-state index in [9.17, 15) is 4.79 Å². The molecule has 2 unspecified atom stereocenters. The smallest absolute Gasteiger partial charge is 0.228 e. The molecule has 1 aliphatic carbocycles. The molecule has 1 amide bonds. The molecular weight excluding hydrogens is 361 g/mol. The molecule has 1 saturated carbocycles. The Morgan fingerprint density at radius 3 is 2.60 bits per heavy atom. The lowest BCUT2D eigenvalue weighted by atomic mass is 10.1. The summed E-state index contributed by atoms with van der Waals surface area (Å²) in [6, 6.07) is 5.78. The minimum atomic E-state index is -0.109. The summed E-state index contributed by atoms with van der Waals surface area (Å²) in [4.78, 5) is 12.4. The zero-order valence-corrected chi connectivity index (χ0v) is 14.6. The maximum Gasteiger partial charge on any atom is 0.228 e. The van der Waals surface area contributed by atoms with Crippen LogP contribution in [0.2, 0.25) is 0 Å². The van der Waals surface area contributed by atoms with Crippen molar-refractivity contribution >= 4 is 50.7 Å². The fraction of sp³-hybridized carbons (Fsp3) is 0.400. The second kappa shape index (κ2) is 5.70. The number of benzene rings is 1. The van der Waals surface area contributed by atoms with Crippen LogP contribution in [0, 0.1) is 24.2 Å². The minimum Gasteiger partial charge on any atom is -0.326 e. The van der Waals surface area contributed by atoms with Crippen LogP contribution in [0.15, 0.2) is 33.2 Å². The Morgan fingerprint density at radius 2 is 2.05 bits per heavy atom. The molecule has 2 rings (SSSR count). The van der Waals surface area contributed by atoms with Gasteiger partial charge in [0.2, 0.25) is 5.91 Å². The van der Waals surface area contributed by atoms with Crippen LogP contribution in [0.3, 0.4) is 0 Å². The van der Waals surface area contributed by atoms with Crippen LogP contribution in [-0.2, 0) is 4.79 Å². The van der Waals surface area contributed by atoms with E-state index in [4.69, 9.17) is 23.2 Å². The molecule has 1 aromatic carbocycles. The van der Waals surface area contributed by atoms with Crippen molar-refractivity contribution in [1.82, 2.24) is 0 Å². The van der Waals surface area contributed by atoms with Crippen molar-refractivity contribution in [2.45, 2.75) is 20.8 Å². The average Bonchev–Trinajstić information content (AvgIpc) is 2.83. The van der Waals surface area contributed by atoms with Crippen molar-refractivity contribution in [2.24, 2.45) is 17.3 Å². The van der Waals surface area contributed by atoms with E-state index in [0.29, 0.717) is 0 Å². The third kappa shape index (κ3) is 3.21. The van der Waals surface area contributed by atoms with E-state index < -0.39 is 0 Å². The van der Waals surface area contributed by atoms with Gasteiger partial charge >= 0.3 is 0 Å². The predicted molar refractivity (Wildman–Crippen MR) is 88.1 cm³/mol. The molecule has 2 nitrogen and oxygen atoms in total. The second-order valence-electron chi connectivity index (χ2n) is 5.73. The Hall–Kier alpha value is -0.510. The molecule has 0 bridgehead atoms. The van der Waals surface area contributed by atoms with Gasteiger partial charge in [-0.1, -0.05) is 53.0 Å². The van der Waals surface area contributed by atoms with Gasteiger partial charge in [0, 0.05) is 10.2 Å². The first-order chi connectivity index (χ1) is 9.23. The summed E-state index contributed by atoms with van der Waals surface area (Å²) in [7, 11) is 0. The number of hydrogen-bond donors (Lipinski definition) is 1. The van der Waals surface area contributed by atoms with Crippen LogP contribution in [0.5, 0.6) is 0 Å². The fourth-order valence-corrected chi connectivity index (χ4v) is 3.35. The third-order valence-corrected chi connectivity index (χ3v) is 4.69. The summed E-state index contributed by atoms with van der Waals surface area (Å²) in [6.45, 7) is 6.05. The van der Waals surface area contributed by atoms with Gasteiger partial charge in [-0.15, -0.1) is 0 Å². The molecule has 1 fully saturated rings. The highest BCUT2D eigenvalue weighted by Gasteiger charge is 2.60. The normalized spacial score (nSPS) is 23.1. The lowest BCUT2D eigenvalue weighted by molar-refractivity contribution is -0.118. The van der Waals surface area contributed by atoms with Crippen LogP contribution >= 0.6 is 39.1 Å². The molecular formula is C15H16BrCl2NO. The van der Waals surface area contributed by atoms with Gasteiger partial charge in [-0.3, -0.25) is 4.79 Å². The van der Waals surface area contributed by atoms with Gasteiger partial charge in [0.1, 0.15) is 4.49 Å². The summed E-state index contributed by atoms with van der Waals surface area (Å²) in [6.07, 6.45) is 1.75. The van der Waals surface area contributed by atoms with Gasteiger partial charge in [0.15, 0.2) is 0 Å². The van der Waals surface area contributed by atoms with Gasteiger partial charge < -0.3 is 5.32 Å². The lowest BCUT2D eigenvalue weighted by Crippen LogP contribution is -2.17. The van der Waals surface area contributed by atoms with Crippen LogP contribution in [0.1, 0.15) is 19.4 Å². The summed E-state index contributed by atoms with van der Waals surface area (Å²) < 4.78 is 1.22. The summed E-state index contributed by atoms with van der Waals surface area (Å²) in [5, 5.41) is 2.98. The predicted octanol–water partition coefficient (Wildman–Crippen LogP) is 5.29. The molecule has 1 aliphatic rings. The van der Waals surface area contributed by atoms with E-state index in [1.165, 1.54) is 0 Å². The molecule has 0 aromatic heterocycles. The Morgan fingerprint density at radius 1 is 1.40 bits per heavy atom. The van der Waals surface area contributed by atoms with E-state index in [1.807, 2.05) is 39.0 Å². The summed E-state index contributed by atoms with van der Waals surface area (Å²) >= 11 is 14.8. The SMILES string of the molecule is Cc1cc(Br)ccc1NC(=O)C1C(C=C(Cl)Cl)C1(C)C. The lowest BCUT2D eigenvalue weighted by Gasteiger charge is -2.09. The molecule has 0 saturated heterocycles. The molecule has 1 aromatic rings. The Labute approximate surface area is 137 Å². The number of anilines is 1. The quantitative estimate of drug-likeness (QED) is 0.763. The van der Waals surface area contributed by atoms with Crippen LogP contribution in [0.25, 0.3) is 0 Å².